The maximum atomic E-state index is 13.2. The number of nitrogens with zero attached hydrogens (tertiary/aromatic N) is 3. The van der Waals surface area contributed by atoms with Crippen LogP contribution in [-0.4, -0.2) is 39.1 Å². The number of hydrogen-bond donors (Lipinski definition) is 2. The molecule has 0 aliphatic carbocycles. The number of fused-ring (bicyclic) bond motifs is 2. The van der Waals surface area contributed by atoms with Gasteiger partial charge in [0.05, 0.1) is 16.3 Å². The predicted molar refractivity (Wildman–Crippen MR) is 96.6 cm³/mol. The van der Waals surface area contributed by atoms with E-state index in [0.717, 1.165) is 54.1 Å². The number of carbonyl (C=O) groups is 1. The molecule has 0 bridgehead atoms. The van der Waals surface area contributed by atoms with Gasteiger partial charge in [0.2, 0.25) is 0 Å². The number of aromatic nitrogens is 3. The first-order valence-electron chi connectivity index (χ1n) is 8.74. The molecule has 1 fully saturated rings. The second-order valence-electron chi connectivity index (χ2n) is 6.63. The molecule has 1 aromatic carbocycles. The van der Waals surface area contributed by atoms with Crippen molar-refractivity contribution in [3.63, 3.8) is 0 Å². The fourth-order valence-corrected chi connectivity index (χ4v) is 4.95. The van der Waals surface area contributed by atoms with Crippen LogP contribution in [0.25, 0.3) is 10.2 Å². The fraction of sp³-hybridized carbons (Fsp3) is 0.389. The molecule has 0 spiro atoms. The second-order valence-corrected chi connectivity index (χ2v) is 7.69. The van der Waals surface area contributed by atoms with E-state index in [0.29, 0.717) is 12.2 Å². The van der Waals surface area contributed by atoms with E-state index in [2.05, 4.69) is 21.6 Å². The molecular weight excluding hydrogens is 334 g/mol. The minimum Gasteiger partial charge on any atom is -0.328 e. The highest BCUT2D eigenvalue weighted by Gasteiger charge is 2.35. The van der Waals surface area contributed by atoms with Crippen molar-refractivity contribution in [2.75, 3.05) is 13.1 Å². The van der Waals surface area contributed by atoms with Crippen LogP contribution in [-0.2, 0) is 13.0 Å². The number of nitrogens with one attached hydrogen (secondary N) is 2. The molecule has 0 saturated carbocycles. The van der Waals surface area contributed by atoms with Crippen molar-refractivity contribution in [1.82, 2.24) is 25.4 Å². The number of benzene rings is 1. The van der Waals surface area contributed by atoms with Crippen molar-refractivity contribution in [2.24, 2.45) is 0 Å². The summed E-state index contributed by atoms with van der Waals surface area (Å²) in [4.78, 5) is 19.9. The molecule has 0 radical (unpaired) electrons. The third-order valence-electron chi connectivity index (χ3n) is 5.12. The van der Waals surface area contributed by atoms with Crippen molar-refractivity contribution in [2.45, 2.75) is 31.8 Å². The van der Waals surface area contributed by atoms with Crippen LogP contribution < -0.4 is 5.32 Å². The van der Waals surface area contributed by atoms with Crippen molar-refractivity contribution in [3.05, 3.63) is 46.2 Å². The zero-order valence-corrected chi connectivity index (χ0v) is 14.6. The monoisotopic (exact) mass is 353 g/mol. The van der Waals surface area contributed by atoms with Gasteiger partial charge in [-0.1, -0.05) is 12.1 Å². The third kappa shape index (κ3) is 2.46. The smallest absolute Gasteiger partial charge is 0.275 e. The van der Waals surface area contributed by atoms with Crippen molar-refractivity contribution >= 4 is 27.5 Å². The van der Waals surface area contributed by atoms with Gasteiger partial charge < -0.3 is 10.2 Å². The highest BCUT2D eigenvalue weighted by molar-refractivity contribution is 7.18. The molecule has 2 aliphatic rings. The third-order valence-corrected chi connectivity index (χ3v) is 6.26. The van der Waals surface area contributed by atoms with Gasteiger partial charge in [-0.3, -0.25) is 9.89 Å². The number of thiazole rings is 1. The minimum absolute atomic E-state index is 0.0305. The van der Waals surface area contributed by atoms with Gasteiger partial charge in [-0.05, 0) is 25.0 Å². The van der Waals surface area contributed by atoms with E-state index in [4.69, 9.17) is 4.98 Å². The topological polar surface area (TPSA) is 73.9 Å². The molecule has 6 nitrogen and oxygen atoms in total. The minimum atomic E-state index is 0.0305. The Hall–Kier alpha value is -2.25. The number of amides is 1. The Bertz CT molecular complexity index is 913. The van der Waals surface area contributed by atoms with Crippen molar-refractivity contribution < 1.29 is 4.79 Å². The standard InChI is InChI=1S/C18H19N5OS/c24-18(16-11-10-19-8-7-12(11)21-22-16)23-9-3-5-14(23)17-20-13-4-1-2-6-15(13)25-17/h1-2,4,6,14,19H,3,5,7-10H2,(H,21,22). The molecule has 2 N–H and O–H groups in total. The van der Waals surface area contributed by atoms with Crippen molar-refractivity contribution in [3.8, 4) is 0 Å². The molecule has 1 amide bonds. The summed E-state index contributed by atoms with van der Waals surface area (Å²) in [5.74, 6) is 0.0305. The van der Waals surface area contributed by atoms with Gasteiger partial charge in [-0.15, -0.1) is 11.3 Å². The highest BCUT2D eigenvalue weighted by atomic mass is 32.1. The fourth-order valence-electron chi connectivity index (χ4n) is 3.84. The van der Waals surface area contributed by atoms with Gasteiger partial charge in [-0.25, -0.2) is 4.98 Å². The van der Waals surface area contributed by atoms with Gasteiger partial charge >= 0.3 is 0 Å². The number of likely N-dealkylation sites (tertiary alicyclic amines) is 1. The molecule has 4 heterocycles. The molecule has 3 aromatic rings. The first-order valence-corrected chi connectivity index (χ1v) is 9.56. The molecule has 1 saturated heterocycles. The van der Waals surface area contributed by atoms with Crippen LogP contribution >= 0.6 is 11.3 Å². The average Bonchev–Trinajstić information content (AvgIpc) is 3.37. The molecule has 2 aromatic heterocycles. The largest absolute Gasteiger partial charge is 0.328 e. The Morgan fingerprint density at radius 2 is 2.24 bits per heavy atom. The number of hydrogen-bond acceptors (Lipinski definition) is 5. The molecule has 25 heavy (non-hydrogen) atoms. The number of H-pyrrole nitrogens is 1. The summed E-state index contributed by atoms with van der Waals surface area (Å²) in [6, 6.07) is 8.23. The normalized spacial score (nSPS) is 20.2. The summed E-state index contributed by atoms with van der Waals surface area (Å²) < 4.78 is 1.18. The first kappa shape index (κ1) is 15.0. The molecule has 7 heteroatoms. The molecular formula is C18H19N5OS. The zero-order chi connectivity index (χ0) is 16.8. The van der Waals surface area contributed by atoms with Crippen LogP contribution in [0.15, 0.2) is 24.3 Å². The maximum Gasteiger partial charge on any atom is 0.275 e. The summed E-state index contributed by atoms with van der Waals surface area (Å²) in [5, 5.41) is 11.8. The number of carbonyl (C=O) groups excluding carboxylic acids is 1. The maximum absolute atomic E-state index is 13.2. The van der Waals surface area contributed by atoms with Crippen LogP contribution in [0.3, 0.4) is 0 Å². The molecule has 128 valence electrons. The van der Waals surface area contributed by atoms with E-state index in [9.17, 15) is 4.79 Å². The average molecular weight is 353 g/mol. The summed E-state index contributed by atoms with van der Waals surface area (Å²) in [5.41, 5.74) is 3.72. The van der Waals surface area contributed by atoms with Crippen LogP contribution in [0, 0.1) is 0 Å². The Labute approximate surface area is 149 Å². The first-order chi connectivity index (χ1) is 12.3. The lowest BCUT2D eigenvalue weighted by Gasteiger charge is -2.23. The van der Waals surface area contributed by atoms with Gasteiger partial charge in [0.1, 0.15) is 5.01 Å². The van der Waals surface area contributed by atoms with Crippen LogP contribution in [0.2, 0.25) is 0 Å². The lowest BCUT2D eigenvalue weighted by molar-refractivity contribution is 0.0728. The Balaban J connectivity index is 1.48. The van der Waals surface area contributed by atoms with Crippen LogP contribution in [0.1, 0.15) is 45.6 Å². The molecule has 1 atom stereocenters. The molecule has 5 rings (SSSR count). The van der Waals surface area contributed by atoms with E-state index < -0.39 is 0 Å². The van der Waals surface area contributed by atoms with Crippen molar-refractivity contribution in [1.29, 1.82) is 0 Å². The Morgan fingerprint density at radius 3 is 3.16 bits per heavy atom. The number of para-hydroxylation sites is 1. The van der Waals surface area contributed by atoms with Gasteiger partial charge in [0, 0.05) is 37.3 Å². The zero-order valence-electron chi connectivity index (χ0n) is 13.8. The molecule has 1 unspecified atom stereocenters. The Morgan fingerprint density at radius 1 is 1.32 bits per heavy atom. The van der Waals surface area contributed by atoms with E-state index in [1.165, 1.54) is 4.70 Å². The van der Waals surface area contributed by atoms with E-state index >= 15 is 0 Å². The van der Waals surface area contributed by atoms with E-state index in [1.807, 2.05) is 23.1 Å². The van der Waals surface area contributed by atoms with Crippen LogP contribution in [0.5, 0.6) is 0 Å². The lowest BCUT2D eigenvalue weighted by atomic mass is 10.1. The van der Waals surface area contributed by atoms with Gasteiger partial charge in [0.25, 0.3) is 5.91 Å². The summed E-state index contributed by atoms with van der Waals surface area (Å²) in [6.45, 7) is 2.42. The summed E-state index contributed by atoms with van der Waals surface area (Å²) in [6.07, 6.45) is 2.88. The van der Waals surface area contributed by atoms with Gasteiger partial charge in [-0.2, -0.15) is 5.10 Å². The van der Waals surface area contributed by atoms with E-state index in [-0.39, 0.29) is 11.9 Å². The SMILES string of the molecule is O=C(c1n[nH]c2c1CNCC2)N1CCCC1c1nc2ccccc2s1. The highest BCUT2D eigenvalue weighted by Crippen LogP contribution is 2.37. The lowest BCUT2D eigenvalue weighted by Crippen LogP contribution is -2.32. The summed E-state index contributed by atoms with van der Waals surface area (Å²) in [7, 11) is 0. The second kappa shape index (κ2) is 5.93. The molecule has 2 aliphatic heterocycles. The van der Waals surface area contributed by atoms with Crippen LogP contribution in [0.4, 0.5) is 0 Å². The number of aromatic amines is 1. The Kier molecular flexibility index (Phi) is 3.57. The quantitative estimate of drug-likeness (QED) is 0.743. The van der Waals surface area contributed by atoms with Gasteiger partial charge in [0.15, 0.2) is 5.69 Å². The summed E-state index contributed by atoms with van der Waals surface area (Å²) >= 11 is 1.70. The number of rotatable bonds is 2. The predicted octanol–water partition coefficient (Wildman–Crippen LogP) is 2.64. The van der Waals surface area contributed by atoms with E-state index in [1.54, 1.807) is 11.3 Å².